The zero-order valence-corrected chi connectivity index (χ0v) is 15.1. The number of aromatic nitrogens is 2. The van der Waals surface area contributed by atoms with E-state index in [9.17, 15) is 9.59 Å². The number of rotatable bonds is 3. The van der Waals surface area contributed by atoms with Gasteiger partial charge in [-0.25, -0.2) is 10.5 Å². The molecule has 1 aromatic heterocycles. The molecule has 8 nitrogen and oxygen atoms in total. The summed E-state index contributed by atoms with van der Waals surface area (Å²) in [7, 11) is 2.09. The predicted octanol–water partition coefficient (Wildman–Crippen LogP) is 0.883. The lowest BCUT2D eigenvalue weighted by atomic mass is 9.92. The van der Waals surface area contributed by atoms with Gasteiger partial charge in [-0.05, 0) is 38.9 Å². The SMILES string of the molecule is CC(C)C1c2nc(C(=O)NO)cn2CCN1C(=O)C1CCN(C)CC1. The summed E-state index contributed by atoms with van der Waals surface area (Å²) in [5, 5.41) is 8.84. The first-order chi connectivity index (χ1) is 11.9. The second-order valence-corrected chi connectivity index (χ2v) is 7.42. The highest BCUT2D eigenvalue weighted by molar-refractivity contribution is 5.91. The highest BCUT2D eigenvalue weighted by Gasteiger charge is 2.38. The maximum absolute atomic E-state index is 13.1. The van der Waals surface area contributed by atoms with Crippen molar-refractivity contribution in [3.8, 4) is 0 Å². The third-order valence-electron chi connectivity index (χ3n) is 5.31. The molecule has 0 aromatic carbocycles. The molecule has 1 atom stereocenters. The van der Waals surface area contributed by atoms with Crippen molar-refractivity contribution in [2.75, 3.05) is 26.7 Å². The van der Waals surface area contributed by atoms with E-state index in [0.29, 0.717) is 13.1 Å². The quantitative estimate of drug-likeness (QED) is 0.625. The Balaban J connectivity index is 1.85. The number of likely N-dealkylation sites (tertiary alicyclic amines) is 1. The van der Waals surface area contributed by atoms with Crippen LogP contribution >= 0.6 is 0 Å². The fourth-order valence-corrected chi connectivity index (χ4v) is 3.90. The first-order valence-electron chi connectivity index (χ1n) is 8.93. The molecule has 1 saturated heterocycles. The Hall–Kier alpha value is -1.93. The molecular formula is C17H27N5O3. The van der Waals surface area contributed by atoms with E-state index in [0.717, 1.165) is 31.8 Å². The van der Waals surface area contributed by atoms with Crippen molar-refractivity contribution < 1.29 is 14.8 Å². The molecule has 0 radical (unpaired) electrons. The Labute approximate surface area is 147 Å². The molecule has 2 aliphatic rings. The Kier molecular flexibility index (Phi) is 5.10. The number of hydroxylamine groups is 1. The summed E-state index contributed by atoms with van der Waals surface area (Å²) in [4.78, 5) is 33.4. The molecule has 2 aliphatic heterocycles. The van der Waals surface area contributed by atoms with Crippen molar-refractivity contribution >= 4 is 11.8 Å². The van der Waals surface area contributed by atoms with Crippen LogP contribution in [0.1, 0.15) is 49.0 Å². The highest BCUT2D eigenvalue weighted by Crippen LogP contribution is 2.34. The molecule has 0 aliphatic carbocycles. The summed E-state index contributed by atoms with van der Waals surface area (Å²) in [5.41, 5.74) is 1.80. The van der Waals surface area contributed by atoms with Crippen molar-refractivity contribution in [3.05, 3.63) is 17.7 Å². The molecule has 138 valence electrons. The topological polar surface area (TPSA) is 90.7 Å². The standard InChI is InChI=1S/C17H27N5O3/c1-11(2)14-15-18-13(16(23)19-25)10-21(15)8-9-22(14)17(24)12-4-6-20(3)7-5-12/h10-12,14,25H,4-9H2,1-3H3,(H,19,23). The Morgan fingerprint density at radius 2 is 1.92 bits per heavy atom. The van der Waals surface area contributed by atoms with Gasteiger partial charge in [0.1, 0.15) is 11.5 Å². The molecule has 25 heavy (non-hydrogen) atoms. The number of hydrogen-bond acceptors (Lipinski definition) is 5. The summed E-state index contributed by atoms with van der Waals surface area (Å²) in [6.07, 6.45) is 3.43. The van der Waals surface area contributed by atoms with E-state index >= 15 is 0 Å². The zero-order valence-electron chi connectivity index (χ0n) is 15.1. The van der Waals surface area contributed by atoms with Crippen LogP contribution in [0.3, 0.4) is 0 Å². The molecule has 3 heterocycles. The van der Waals surface area contributed by atoms with Crippen LogP contribution in [-0.4, -0.2) is 63.1 Å². The number of hydrogen-bond donors (Lipinski definition) is 2. The highest BCUT2D eigenvalue weighted by atomic mass is 16.5. The predicted molar refractivity (Wildman–Crippen MR) is 91.0 cm³/mol. The molecule has 2 amide bonds. The van der Waals surface area contributed by atoms with Gasteiger partial charge in [0, 0.05) is 25.2 Å². The van der Waals surface area contributed by atoms with E-state index in [4.69, 9.17) is 5.21 Å². The van der Waals surface area contributed by atoms with Gasteiger partial charge in [0.15, 0.2) is 0 Å². The number of amides is 2. The molecule has 0 bridgehead atoms. The lowest BCUT2D eigenvalue weighted by molar-refractivity contribution is -0.142. The molecular weight excluding hydrogens is 322 g/mol. The van der Waals surface area contributed by atoms with Crippen molar-refractivity contribution in [2.24, 2.45) is 11.8 Å². The van der Waals surface area contributed by atoms with E-state index in [-0.39, 0.29) is 29.5 Å². The van der Waals surface area contributed by atoms with Gasteiger partial charge in [-0.15, -0.1) is 0 Å². The van der Waals surface area contributed by atoms with Crippen molar-refractivity contribution in [1.29, 1.82) is 0 Å². The third-order valence-corrected chi connectivity index (χ3v) is 5.31. The van der Waals surface area contributed by atoms with E-state index < -0.39 is 5.91 Å². The van der Waals surface area contributed by atoms with Gasteiger partial charge >= 0.3 is 0 Å². The fraction of sp³-hybridized carbons (Fsp3) is 0.706. The minimum Gasteiger partial charge on any atom is -0.331 e. The number of piperidine rings is 1. The summed E-state index contributed by atoms with van der Waals surface area (Å²) in [5.74, 6) is 0.550. The van der Waals surface area contributed by atoms with Gasteiger partial charge in [-0.3, -0.25) is 14.8 Å². The number of fused-ring (bicyclic) bond motifs is 1. The van der Waals surface area contributed by atoms with Crippen LogP contribution in [0.15, 0.2) is 6.20 Å². The largest absolute Gasteiger partial charge is 0.331 e. The van der Waals surface area contributed by atoms with Gasteiger partial charge in [-0.1, -0.05) is 13.8 Å². The second-order valence-electron chi connectivity index (χ2n) is 7.42. The molecule has 3 rings (SSSR count). The second kappa shape index (κ2) is 7.13. The minimum absolute atomic E-state index is 0.0687. The monoisotopic (exact) mass is 349 g/mol. The summed E-state index contributed by atoms with van der Waals surface area (Å²) >= 11 is 0. The minimum atomic E-state index is -0.627. The molecule has 0 saturated carbocycles. The summed E-state index contributed by atoms with van der Waals surface area (Å²) in [6, 6.07) is -0.152. The number of nitrogens with zero attached hydrogens (tertiary/aromatic N) is 4. The maximum Gasteiger partial charge on any atom is 0.294 e. The maximum atomic E-state index is 13.1. The van der Waals surface area contributed by atoms with Crippen LogP contribution in [0.25, 0.3) is 0 Å². The lowest BCUT2D eigenvalue weighted by Crippen LogP contribution is -2.48. The van der Waals surface area contributed by atoms with Crippen LogP contribution in [0.4, 0.5) is 0 Å². The van der Waals surface area contributed by atoms with Gasteiger partial charge < -0.3 is 14.4 Å². The van der Waals surface area contributed by atoms with Gasteiger partial charge in [0.25, 0.3) is 5.91 Å². The average Bonchev–Trinajstić information content (AvgIpc) is 3.04. The zero-order chi connectivity index (χ0) is 18.1. The van der Waals surface area contributed by atoms with Crippen molar-refractivity contribution in [1.82, 2.24) is 24.8 Å². The van der Waals surface area contributed by atoms with Crippen LogP contribution in [0.2, 0.25) is 0 Å². The number of carbonyl (C=O) groups excluding carboxylic acids is 2. The van der Waals surface area contributed by atoms with Crippen LogP contribution in [0.5, 0.6) is 0 Å². The van der Waals surface area contributed by atoms with Gasteiger partial charge in [-0.2, -0.15) is 0 Å². The Morgan fingerprint density at radius 1 is 1.24 bits per heavy atom. The van der Waals surface area contributed by atoms with Crippen LogP contribution in [0, 0.1) is 11.8 Å². The molecule has 1 aromatic rings. The molecule has 1 fully saturated rings. The van der Waals surface area contributed by atoms with Crippen LogP contribution < -0.4 is 5.48 Å². The van der Waals surface area contributed by atoms with E-state index in [2.05, 4.69) is 30.8 Å². The Bertz CT molecular complexity index is 649. The smallest absolute Gasteiger partial charge is 0.294 e. The third kappa shape index (κ3) is 3.41. The first-order valence-corrected chi connectivity index (χ1v) is 8.93. The summed E-state index contributed by atoms with van der Waals surface area (Å²) in [6.45, 7) is 7.27. The van der Waals surface area contributed by atoms with Crippen LogP contribution in [-0.2, 0) is 11.3 Å². The number of imidazole rings is 1. The number of nitrogens with one attached hydrogen (secondary N) is 1. The van der Waals surface area contributed by atoms with Crippen molar-refractivity contribution in [2.45, 2.75) is 39.3 Å². The van der Waals surface area contributed by atoms with E-state index in [1.807, 2.05) is 9.47 Å². The van der Waals surface area contributed by atoms with Gasteiger partial charge in [0.2, 0.25) is 5.91 Å². The molecule has 0 spiro atoms. The first kappa shape index (κ1) is 17.9. The van der Waals surface area contributed by atoms with Gasteiger partial charge in [0.05, 0.1) is 6.04 Å². The fourth-order valence-electron chi connectivity index (χ4n) is 3.90. The summed E-state index contributed by atoms with van der Waals surface area (Å²) < 4.78 is 1.92. The average molecular weight is 349 g/mol. The molecule has 1 unspecified atom stereocenters. The normalized spacial score (nSPS) is 22.1. The number of carbonyl (C=O) groups is 2. The van der Waals surface area contributed by atoms with E-state index in [1.54, 1.807) is 11.7 Å². The molecule has 2 N–H and O–H groups in total. The Morgan fingerprint density at radius 3 is 2.52 bits per heavy atom. The molecule has 8 heteroatoms. The van der Waals surface area contributed by atoms with E-state index in [1.165, 1.54) is 0 Å². The van der Waals surface area contributed by atoms with Crippen molar-refractivity contribution in [3.63, 3.8) is 0 Å². The lowest BCUT2D eigenvalue weighted by Gasteiger charge is -2.41.